The predicted octanol–water partition coefficient (Wildman–Crippen LogP) is 1.88. The number of nitriles is 1. The summed E-state index contributed by atoms with van der Waals surface area (Å²) < 4.78 is 0. The molecule has 5 nitrogen and oxygen atoms in total. The second-order valence-electron chi connectivity index (χ2n) is 3.26. The number of hydrogen-bond donors (Lipinski definition) is 2. The minimum atomic E-state index is -0.356. The number of rotatable bonds is 6. The minimum absolute atomic E-state index is 0.0521. The summed E-state index contributed by atoms with van der Waals surface area (Å²) in [6.45, 7) is 2.63. The van der Waals surface area contributed by atoms with Crippen molar-refractivity contribution in [1.82, 2.24) is 10.3 Å². The molecule has 1 rings (SSSR count). The summed E-state index contributed by atoms with van der Waals surface area (Å²) in [6, 6.07) is 1.85. The van der Waals surface area contributed by atoms with Crippen molar-refractivity contribution >= 4 is 22.4 Å². The fourth-order valence-electron chi connectivity index (χ4n) is 1.05. The van der Waals surface area contributed by atoms with Crippen LogP contribution in [0.2, 0.25) is 0 Å². The fourth-order valence-corrected chi connectivity index (χ4v) is 1.55. The van der Waals surface area contributed by atoms with E-state index >= 15 is 0 Å². The van der Waals surface area contributed by atoms with Crippen molar-refractivity contribution in [3.05, 3.63) is 23.3 Å². The van der Waals surface area contributed by atoms with Gasteiger partial charge in [0, 0.05) is 24.3 Å². The summed E-state index contributed by atoms with van der Waals surface area (Å²) in [5.41, 5.74) is 0.0521. The Kier molecular flexibility index (Phi) is 5.75. The number of amides is 1. The van der Waals surface area contributed by atoms with Crippen molar-refractivity contribution in [2.45, 2.75) is 19.8 Å². The number of carbonyl (C=O) groups excluding carboxylic acids is 1. The topological polar surface area (TPSA) is 77.8 Å². The van der Waals surface area contributed by atoms with Crippen LogP contribution in [0.4, 0.5) is 5.13 Å². The SMILES string of the molecule is CCCCNC(=O)/C(C#N)=C\Nc1nccs1. The predicted molar refractivity (Wildman–Crippen MR) is 67.4 cm³/mol. The molecule has 0 saturated heterocycles. The van der Waals surface area contributed by atoms with Crippen LogP contribution in [0.25, 0.3) is 0 Å². The molecular formula is C11H14N4OS. The number of unbranched alkanes of at least 4 members (excludes halogenated alkanes) is 1. The molecule has 90 valence electrons. The van der Waals surface area contributed by atoms with E-state index in [2.05, 4.69) is 15.6 Å². The Morgan fingerprint density at radius 3 is 3.12 bits per heavy atom. The van der Waals surface area contributed by atoms with Crippen molar-refractivity contribution in [3.8, 4) is 6.07 Å². The summed E-state index contributed by atoms with van der Waals surface area (Å²) in [6.07, 6.45) is 4.93. The van der Waals surface area contributed by atoms with Gasteiger partial charge in [-0.05, 0) is 6.42 Å². The van der Waals surface area contributed by atoms with E-state index in [1.54, 1.807) is 6.20 Å². The maximum atomic E-state index is 11.5. The summed E-state index contributed by atoms with van der Waals surface area (Å²) in [4.78, 5) is 15.5. The van der Waals surface area contributed by atoms with Crippen LogP contribution >= 0.6 is 11.3 Å². The Balaban J connectivity index is 2.49. The first-order chi connectivity index (χ1) is 8.27. The van der Waals surface area contributed by atoms with Crippen LogP contribution in [0.3, 0.4) is 0 Å². The van der Waals surface area contributed by atoms with Gasteiger partial charge >= 0.3 is 0 Å². The summed E-state index contributed by atoms with van der Waals surface area (Å²) in [7, 11) is 0. The zero-order valence-corrected chi connectivity index (χ0v) is 10.4. The average molecular weight is 250 g/mol. The highest BCUT2D eigenvalue weighted by Crippen LogP contribution is 2.10. The Labute approximate surface area is 104 Å². The second-order valence-corrected chi connectivity index (χ2v) is 4.16. The van der Waals surface area contributed by atoms with E-state index in [1.165, 1.54) is 17.5 Å². The molecule has 1 heterocycles. The van der Waals surface area contributed by atoms with Gasteiger partial charge in [-0.2, -0.15) is 5.26 Å². The molecule has 17 heavy (non-hydrogen) atoms. The van der Waals surface area contributed by atoms with Crippen LogP contribution < -0.4 is 10.6 Å². The van der Waals surface area contributed by atoms with E-state index in [0.717, 1.165) is 12.8 Å². The fraction of sp³-hybridized carbons (Fsp3) is 0.364. The normalized spacial score (nSPS) is 10.7. The van der Waals surface area contributed by atoms with Crippen molar-refractivity contribution in [1.29, 1.82) is 5.26 Å². The third-order valence-electron chi connectivity index (χ3n) is 1.95. The van der Waals surface area contributed by atoms with E-state index in [0.29, 0.717) is 11.7 Å². The Hall–Kier alpha value is -1.87. The van der Waals surface area contributed by atoms with E-state index in [4.69, 9.17) is 5.26 Å². The van der Waals surface area contributed by atoms with Crippen molar-refractivity contribution in [3.63, 3.8) is 0 Å². The second kappa shape index (κ2) is 7.41. The summed E-state index contributed by atoms with van der Waals surface area (Å²) in [5.74, 6) is -0.356. The molecular weight excluding hydrogens is 236 g/mol. The van der Waals surface area contributed by atoms with Gasteiger partial charge in [-0.15, -0.1) is 11.3 Å². The molecule has 2 N–H and O–H groups in total. The van der Waals surface area contributed by atoms with Gasteiger partial charge in [0.1, 0.15) is 11.6 Å². The monoisotopic (exact) mass is 250 g/mol. The smallest absolute Gasteiger partial charge is 0.263 e. The Morgan fingerprint density at radius 1 is 1.71 bits per heavy atom. The molecule has 6 heteroatoms. The number of nitrogens with zero attached hydrogens (tertiary/aromatic N) is 2. The average Bonchev–Trinajstić information content (AvgIpc) is 2.83. The van der Waals surface area contributed by atoms with E-state index in [9.17, 15) is 4.79 Å². The molecule has 0 unspecified atom stereocenters. The number of aromatic nitrogens is 1. The lowest BCUT2D eigenvalue weighted by molar-refractivity contribution is -0.117. The third-order valence-corrected chi connectivity index (χ3v) is 2.66. The van der Waals surface area contributed by atoms with Gasteiger partial charge in [-0.1, -0.05) is 13.3 Å². The highest BCUT2D eigenvalue weighted by molar-refractivity contribution is 7.13. The number of hydrogen-bond acceptors (Lipinski definition) is 5. The van der Waals surface area contributed by atoms with Crippen LogP contribution in [0, 0.1) is 11.3 Å². The van der Waals surface area contributed by atoms with Gasteiger partial charge in [0.2, 0.25) is 0 Å². The molecule has 0 bridgehead atoms. The first kappa shape index (κ1) is 13.2. The molecule has 0 saturated carbocycles. The lowest BCUT2D eigenvalue weighted by Gasteiger charge is -2.02. The molecule has 0 atom stereocenters. The number of thiazole rings is 1. The third kappa shape index (κ3) is 4.66. The molecule has 0 aliphatic rings. The van der Waals surface area contributed by atoms with Crippen LogP contribution in [0.1, 0.15) is 19.8 Å². The number of carbonyl (C=O) groups is 1. The van der Waals surface area contributed by atoms with Gasteiger partial charge in [0.05, 0.1) is 0 Å². The van der Waals surface area contributed by atoms with E-state index in [1.807, 2.05) is 18.4 Å². The van der Waals surface area contributed by atoms with Crippen LogP contribution in [-0.2, 0) is 4.79 Å². The van der Waals surface area contributed by atoms with Crippen molar-refractivity contribution in [2.75, 3.05) is 11.9 Å². The van der Waals surface area contributed by atoms with Gasteiger partial charge in [0.15, 0.2) is 5.13 Å². The largest absolute Gasteiger partial charge is 0.351 e. The van der Waals surface area contributed by atoms with Crippen molar-refractivity contribution < 1.29 is 4.79 Å². The number of anilines is 1. The Bertz CT molecular complexity index is 419. The Morgan fingerprint density at radius 2 is 2.53 bits per heavy atom. The van der Waals surface area contributed by atoms with Crippen LogP contribution in [0.5, 0.6) is 0 Å². The molecule has 0 fully saturated rings. The first-order valence-electron chi connectivity index (χ1n) is 5.32. The van der Waals surface area contributed by atoms with E-state index in [-0.39, 0.29) is 11.5 Å². The highest BCUT2D eigenvalue weighted by Gasteiger charge is 2.07. The quantitative estimate of drug-likeness (QED) is 0.459. The molecule has 0 aliphatic heterocycles. The lowest BCUT2D eigenvalue weighted by Crippen LogP contribution is -2.25. The van der Waals surface area contributed by atoms with Crippen LogP contribution in [0.15, 0.2) is 23.3 Å². The zero-order valence-electron chi connectivity index (χ0n) is 9.56. The zero-order chi connectivity index (χ0) is 12.5. The van der Waals surface area contributed by atoms with Gasteiger partial charge in [-0.25, -0.2) is 4.98 Å². The maximum absolute atomic E-state index is 11.5. The minimum Gasteiger partial charge on any atom is -0.351 e. The first-order valence-corrected chi connectivity index (χ1v) is 6.20. The summed E-state index contributed by atoms with van der Waals surface area (Å²) in [5, 5.41) is 16.8. The molecule has 0 aliphatic carbocycles. The molecule has 1 amide bonds. The maximum Gasteiger partial charge on any atom is 0.263 e. The van der Waals surface area contributed by atoms with Gasteiger partial charge in [-0.3, -0.25) is 4.79 Å². The highest BCUT2D eigenvalue weighted by atomic mass is 32.1. The van der Waals surface area contributed by atoms with Crippen molar-refractivity contribution in [2.24, 2.45) is 0 Å². The molecule has 0 spiro atoms. The molecule has 1 aromatic heterocycles. The molecule has 0 aromatic carbocycles. The standard InChI is InChI=1S/C11H14N4OS/c1-2-3-4-13-10(16)9(7-12)8-15-11-14-5-6-17-11/h5-6,8H,2-4H2,1H3,(H,13,16)(H,14,15)/b9-8-. The van der Waals surface area contributed by atoms with Gasteiger partial charge < -0.3 is 10.6 Å². The van der Waals surface area contributed by atoms with Gasteiger partial charge in [0.25, 0.3) is 5.91 Å². The lowest BCUT2D eigenvalue weighted by atomic mass is 10.3. The molecule has 0 radical (unpaired) electrons. The molecule has 1 aromatic rings. The van der Waals surface area contributed by atoms with E-state index < -0.39 is 0 Å². The number of nitrogens with one attached hydrogen (secondary N) is 2. The summed E-state index contributed by atoms with van der Waals surface area (Å²) >= 11 is 1.40. The van der Waals surface area contributed by atoms with Crippen LogP contribution in [-0.4, -0.2) is 17.4 Å².